The van der Waals surface area contributed by atoms with Crippen LogP contribution in [0.1, 0.15) is 48.3 Å². The van der Waals surface area contributed by atoms with Crippen molar-refractivity contribution in [3.63, 3.8) is 0 Å². The number of nitrogen functional groups attached to an aromatic ring is 1. The van der Waals surface area contributed by atoms with Gasteiger partial charge in [0.1, 0.15) is 11.6 Å². The van der Waals surface area contributed by atoms with Gasteiger partial charge in [-0.1, -0.05) is 37.6 Å². The van der Waals surface area contributed by atoms with Crippen LogP contribution in [-0.2, 0) is 12.8 Å². The predicted octanol–water partition coefficient (Wildman–Crippen LogP) is 3.69. The van der Waals surface area contributed by atoms with E-state index in [0.717, 1.165) is 40.8 Å². The maximum atomic E-state index is 6.08. The molecule has 1 aliphatic carbocycles. The van der Waals surface area contributed by atoms with Crippen LogP contribution in [0.3, 0.4) is 0 Å². The van der Waals surface area contributed by atoms with Crippen molar-refractivity contribution in [3.05, 3.63) is 50.5 Å². The van der Waals surface area contributed by atoms with Crippen LogP contribution in [0.5, 0.6) is 0 Å². The molecule has 0 aliphatic heterocycles. The van der Waals surface area contributed by atoms with Gasteiger partial charge in [-0.3, -0.25) is 0 Å². The predicted molar refractivity (Wildman–Crippen MR) is 89.8 cm³/mol. The molecule has 1 aromatic carbocycles. The van der Waals surface area contributed by atoms with Crippen LogP contribution >= 0.6 is 22.6 Å². The normalized spacial score (nSPS) is 17.2. The molecule has 2 N–H and O–H groups in total. The number of aryl methyl sites for hydroxylation is 2. The number of fused-ring (bicyclic) bond motifs is 1. The Morgan fingerprint density at radius 3 is 2.90 bits per heavy atom. The summed E-state index contributed by atoms with van der Waals surface area (Å²) in [5, 5.41) is 0. The molecule has 104 valence electrons. The number of anilines is 1. The van der Waals surface area contributed by atoms with Crippen molar-refractivity contribution in [2.24, 2.45) is 0 Å². The number of nitrogens with zero attached hydrogens (tertiary/aromatic N) is 2. The second-order valence-corrected chi connectivity index (χ2v) is 6.35. The van der Waals surface area contributed by atoms with Crippen molar-refractivity contribution in [1.82, 2.24) is 9.97 Å². The molecule has 2 aromatic rings. The van der Waals surface area contributed by atoms with Gasteiger partial charge in [0, 0.05) is 5.92 Å². The van der Waals surface area contributed by atoms with Crippen LogP contribution in [0.15, 0.2) is 24.3 Å². The van der Waals surface area contributed by atoms with Gasteiger partial charge < -0.3 is 5.73 Å². The fourth-order valence-corrected chi connectivity index (χ4v) is 3.43. The number of hydrogen-bond acceptors (Lipinski definition) is 3. The zero-order valence-corrected chi connectivity index (χ0v) is 13.7. The Morgan fingerprint density at radius 2 is 2.10 bits per heavy atom. The second kappa shape index (κ2) is 5.68. The molecular weight excluding hydrogens is 361 g/mol. The Labute approximate surface area is 133 Å². The van der Waals surface area contributed by atoms with E-state index in [2.05, 4.69) is 58.8 Å². The maximum Gasteiger partial charge on any atom is 0.140 e. The van der Waals surface area contributed by atoms with E-state index < -0.39 is 0 Å². The Kier molecular flexibility index (Phi) is 3.92. The molecule has 3 rings (SSSR count). The van der Waals surface area contributed by atoms with Crippen molar-refractivity contribution in [2.45, 2.75) is 38.5 Å². The number of aromatic nitrogens is 2. The lowest BCUT2D eigenvalue weighted by Gasteiger charge is -2.14. The molecule has 1 unspecified atom stereocenters. The third-order valence-corrected chi connectivity index (χ3v) is 5.07. The number of halogens is 1. The van der Waals surface area contributed by atoms with E-state index in [0.29, 0.717) is 11.7 Å². The first kappa shape index (κ1) is 13.8. The van der Waals surface area contributed by atoms with E-state index in [1.54, 1.807) is 0 Å². The molecule has 1 aromatic heterocycles. The van der Waals surface area contributed by atoms with Crippen LogP contribution in [0.4, 0.5) is 5.82 Å². The summed E-state index contributed by atoms with van der Waals surface area (Å²) in [4.78, 5) is 9.36. The molecule has 1 heterocycles. The van der Waals surface area contributed by atoms with Gasteiger partial charge in [-0.25, -0.2) is 9.97 Å². The first-order valence-corrected chi connectivity index (χ1v) is 8.18. The van der Waals surface area contributed by atoms with Gasteiger partial charge in [-0.05, 0) is 53.0 Å². The van der Waals surface area contributed by atoms with E-state index >= 15 is 0 Å². The summed E-state index contributed by atoms with van der Waals surface area (Å²) in [7, 11) is 0. The molecule has 0 radical (unpaired) electrons. The fraction of sp³-hybridized carbons (Fsp3) is 0.375. The van der Waals surface area contributed by atoms with Gasteiger partial charge in [0.05, 0.1) is 9.26 Å². The zero-order valence-electron chi connectivity index (χ0n) is 11.6. The average molecular weight is 379 g/mol. The lowest BCUT2D eigenvalue weighted by Crippen LogP contribution is -2.10. The SMILES string of the molecule is CCCc1nc(C2CCc3ccccc32)nc(N)c1I. The van der Waals surface area contributed by atoms with Gasteiger partial charge in [0.25, 0.3) is 0 Å². The number of nitrogens with two attached hydrogens (primary N) is 1. The Hall–Kier alpha value is -1.17. The summed E-state index contributed by atoms with van der Waals surface area (Å²) in [5.41, 5.74) is 9.97. The standard InChI is InChI=1S/C16H18IN3/c1-2-5-13-14(17)15(18)20-16(19-13)12-9-8-10-6-3-4-7-11(10)12/h3-4,6-7,12H,2,5,8-9H2,1H3,(H2,18,19,20). The van der Waals surface area contributed by atoms with Gasteiger partial charge in [0.15, 0.2) is 0 Å². The fourth-order valence-electron chi connectivity index (χ4n) is 2.92. The smallest absolute Gasteiger partial charge is 0.140 e. The molecule has 3 nitrogen and oxygen atoms in total. The van der Waals surface area contributed by atoms with Crippen LogP contribution < -0.4 is 5.73 Å². The Balaban J connectivity index is 2.03. The van der Waals surface area contributed by atoms with E-state index in [1.165, 1.54) is 11.1 Å². The van der Waals surface area contributed by atoms with E-state index in [1.807, 2.05) is 0 Å². The Morgan fingerprint density at radius 1 is 1.30 bits per heavy atom. The number of benzene rings is 1. The molecule has 0 saturated heterocycles. The molecule has 0 bridgehead atoms. The molecule has 0 saturated carbocycles. The van der Waals surface area contributed by atoms with E-state index in [9.17, 15) is 0 Å². The quantitative estimate of drug-likeness (QED) is 0.828. The lowest BCUT2D eigenvalue weighted by atomic mass is 10.0. The molecule has 4 heteroatoms. The van der Waals surface area contributed by atoms with Crippen LogP contribution in [0.25, 0.3) is 0 Å². The second-order valence-electron chi connectivity index (χ2n) is 5.27. The monoisotopic (exact) mass is 379 g/mol. The molecule has 0 fully saturated rings. The van der Waals surface area contributed by atoms with Crippen molar-refractivity contribution in [3.8, 4) is 0 Å². The molecule has 1 atom stereocenters. The highest BCUT2D eigenvalue weighted by Gasteiger charge is 2.26. The van der Waals surface area contributed by atoms with Gasteiger partial charge in [0.2, 0.25) is 0 Å². The lowest BCUT2D eigenvalue weighted by molar-refractivity contribution is 0.713. The summed E-state index contributed by atoms with van der Waals surface area (Å²) in [5.74, 6) is 1.83. The number of rotatable bonds is 3. The first-order valence-electron chi connectivity index (χ1n) is 7.10. The van der Waals surface area contributed by atoms with Crippen molar-refractivity contribution in [2.75, 3.05) is 5.73 Å². The van der Waals surface area contributed by atoms with Gasteiger partial charge >= 0.3 is 0 Å². The van der Waals surface area contributed by atoms with E-state index in [-0.39, 0.29) is 0 Å². The third-order valence-electron chi connectivity index (χ3n) is 3.89. The van der Waals surface area contributed by atoms with E-state index in [4.69, 9.17) is 10.7 Å². The number of hydrogen-bond donors (Lipinski definition) is 1. The van der Waals surface area contributed by atoms with Crippen LogP contribution in [0, 0.1) is 3.57 Å². The third kappa shape index (κ3) is 2.41. The molecule has 0 amide bonds. The Bertz CT molecular complexity index is 640. The minimum atomic E-state index is 0.307. The van der Waals surface area contributed by atoms with Crippen molar-refractivity contribution >= 4 is 28.4 Å². The molecule has 1 aliphatic rings. The summed E-state index contributed by atoms with van der Waals surface area (Å²) in [6.45, 7) is 2.17. The molecule has 0 spiro atoms. The average Bonchev–Trinajstić information content (AvgIpc) is 2.88. The summed E-state index contributed by atoms with van der Waals surface area (Å²) in [6.07, 6.45) is 4.24. The minimum Gasteiger partial charge on any atom is -0.383 e. The topological polar surface area (TPSA) is 51.8 Å². The summed E-state index contributed by atoms with van der Waals surface area (Å²) in [6, 6.07) is 8.61. The minimum absolute atomic E-state index is 0.307. The van der Waals surface area contributed by atoms with Crippen molar-refractivity contribution < 1.29 is 0 Å². The summed E-state index contributed by atoms with van der Waals surface area (Å²) < 4.78 is 1.01. The van der Waals surface area contributed by atoms with Gasteiger partial charge in [-0.15, -0.1) is 0 Å². The maximum absolute atomic E-state index is 6.08. The molecule has 20 heavy (non-hydrogen) atoms. The van der Waals surface area contributed by atoms with Gasteiger partial charge in [-0.2, -0.15) is 0 Å². The largest absolute Gasteiger partial charge is 0.383 e. The highest BCUT2D eigenvalue weighted by Crippen LogP contribution is 2.37. The highest BCUT2D eigenvalue weighted by molar-refractivity contribution is 14.1. The van der Waals surface area contributed by atoms with Crippen molar-refractivity contribution in [1.29, 1.82) is 0 Å². The highest BCUT2D eigenvalue weighted by atomic mass is 127. The van der Waals surface area contributed by atoms with Crippen LogP contribution in [-0.4, -0.2) is 9.97 Å². The molecular formula is C16H18IN3. The van der Waals surface area contributed by atoms with Crippen LogP contribution in [0.2, 0.25) is 0 Å². The first-order chi connectivity index (χ1) is 9.70. The zero-order chi connectivity index (χ0) is 14.1. The summed E-state index contributed by atoms with van der Waals surface area (Å²) >= 11 is 2.26.